The van der Waals surface area contributed by atoms with E-state index in [9.17, 15) is 0 Å². The summed E-state index contributed by atoms with van der Waals surface area (Å²) in [6.07, 6.45) is 7.75. The quantitative estimate of drug-likeness (QED) is 0.600. The first-order valence-electron chi connectivity index (χ1n) is 6.18. The zero-order valence-electron chi connectivity index (χ0n) is 9.42. The molecule has 3 saturated carbocycles. The Bertz CT molecular complexity index is 161. The van der Waals surface area contributed by atoms with E-state index in [1.165, 1.54) is 0 Å². The first-order valence-corrected chi connectivity index (χ1v) is 6.18. The molecule has 0 aromatic carbocycles. The summed E-state index contributed by atoms with van der Waals surface area (Å²) < 4.78 is 0. The minimum Gasteiger partial charge on any atom is -0.0625 e. The van der Waals surface area contributed by atoms with Crippen molar-refractivity contribution in [1.29, 1.82) is 0 Å². The van der Waals surface area contributed by atoms with Crippen molar-refractivity contribution in [3.63, 3.8) is 0 Å². The van der Waals surface area contributed by atoms with E-state index in [4.69, 9.17) is 0 Å². The molecule has 0 aromatic heterocycles. The van der Waals surface area contributed by atoms with Gasteiger partial charge >= 0.3 is 0 Å². The highest BCUT2D eigenvalue weighted by atomic mass is 14.4. The minimum atomic E-state index is 0.893. The van der Waals surface area contributed by atoms with Gasteiger partial charge in [-0.25, -0.2) is 0 Å². The molecule has 3 rings (SSSR count). The molecular formula is C13H24. The first kappa shape index (κ1) is 9.55. The van der Waals surface area contributed by atoms with Gasteiger partial charge in [-0.3, -0.25) is 0 Å². The van der Waals surface area contributed by atoms with Crippen LogP contribution in [0.4, 0.5) is 0 Å². The molecule has 0 spiro atoms. The predicted octanol–water partition coefficient (Wildman–Crippen LogP) is 4.10. The fourth-order valence-corrected chi connectivity index (χ4v) is 3.57. The van der Waals surface area contributed by atoms with Crippen molar-refractivity contribution in [2.24, 2.45) is 29.6 Å². The van der Waals surface area contributed by atoms with Crippen molar-refractivity contribution in [3.05, 3.63) is 0 Å². The van der Waals surface area contributed by atoms with E-state index < -0.39 is 0 Å². The Morgan fingerprint density at radius 1 is 0.923 bits per heavy atom. The fourth-order valence-electron chi connectivity index (χ4n) is 3.57. The maximum Gasteiger partial charge on any atom is -0.0355 e. The molecule has 3 aliphatic rings. The summed E-state index contributed by atoms with van der Waals surface area (Å²) in [4.78, 5) is 0. The highest BCUT2D eigenvalue weighted by Gasteiger charge is 2.38. The van der Waals surface area contributed by atoms with Gasteiger partial charge in [0.1, 0.15) is 0 Å². The second-order valence-electron chi connectivity index (χ2n) is 5.78. The van der Waals surface area contributed by atoms with E-state index in [0.29, 0.717) is 0 Å². The van der Waals surface area contributed by atoms with E-state index >= 15 is 0 Å². The Morgan fingerprint density at radius 3 is 1.92 bits per heavy atom. The molecule has 0 nitrogen and oxygen atoms in total. The van der Waals surface area contributed by atoms with Crippen LogP contribution in [0.25, 0.3) is 0 Å². The van der Waals surface area contributed by atoms with Gasteiger partial charge in [0, 0.05) is 0 Å². The third kappa shape index (κ3) is 1.78. The zero-order chi connectivity index (χ0) is 9.42. The monoisotopic (exact) mass is 180 g/mol. The fraction of sp³-hybridized carbons (Fsp3) is 1.00. The molecule has 0 amide bonds. The molecule has 2 atom stereocenters. The Hall–Kier alpha value is 0. The largest absolute Gasteiger partial charge is 0.0625 e. The number of hydrogen-bond acceptors (Lipinski definition) is 0. The van der Waals surface area contributed by atoms with Crippen molar-refractivity contribution >= 4 is 0 Å². The van der Waals surface area contributed by atoms with E-state index in [-0.39, 0.29) is 0 Å². The number of fused-ring (bicyclic) bond motifs is 3. The van der Waals surface area contributed by atoms with Crippen LogP contribution in [-0.4, -0.2) is 0 Å². The minimum absolute atomic E-state index is 0.893. The standard InChI is InChI=1S/C13H24/c1-9(2)10(3)13-8-11-4-6-12(13)7-5-11/h9-13H,4-8H2,1-3H3. The van der Waals surface area contributed by atoms with Crippen LogP contribution in [-0.2, 0) is 0 Å². The molecule has 13 heavy (non-hydrogen) atoms. The zero-order valence-corrected chi connectivity index (χ0v) is 9.42. The smallest absolute Gasteiger partial charge is 0.0355 e. The van der Waals surface area contributed by atoms with Gasteiger partial charge in [0.15, 0.2) is 0 Å². The van der Waals surface area contributed by atoms with Gasteiger partial charge in [0.2, 0.25) is 0 Å². The molecule has 0 N–H and O–H groups in total. The summed E-state index contributed by atoms with van der Waals surface area (Å²) >= 11 is 0. The van der Waals surface area contributed by atoms with Gasteiger partial charge in [-0.1, -0.05) is 33.6 Å². The average Bonchev–Trinajstić information content (AvgIpc) is 2.18. The average molecular weight is 180 g/mol. The van der Waals surface area contributed by atoms with E-state index in [0.717, 1.165) is 29.6 Å². The van der Waals surface area contributed by atoms with Crippen LogP contribution in [0, 0.1) is 29.6 Å². The van der Waals surface area contributed by atoms with Crippen LogP contribution in [0.3, 0.4) is 0 Å². The lowest BCUT2D eigenvalue weighted by atomic mass is 9.60. The molecule has 0 radical (unpaired) electrons. The molecule has 0 aromatic rings. The second-order valence-corrected chi connectivity index (χ2v) is 5.78. The van der Waals surface area contributed by atoms with Crippen molar-refractivity contribution in [1.82, 2.24) is 0 Å². The third-order valence-corrected chi connectivity index (χ3v) is 4.83. The summed E-state index contributed by atoms with van der Waals surface area (Å²) in [6.45, 7) is 7.27. The summed E-state index contributed by atoms with van der Waals surface area (Å²) in [5.74, 6) is 5.14. The van der Waals surface area contributed by atoms with Crippen LogP contribution in [0.2, 0.25) is 0 Å². The first-order chi connectivity index (χ1) is 6.18. The number of rotatable bonds is 2. The Balaban J connectivity index is 2.00. The summed E-state index contributed by atoms with van der Waals surface area (Å²) in [7, 11) is 0. The SMILES string of the molecule is CC(C)C(C)C1CC2CCC1CC2. The Kier molecular flexibility index (Phi) is 2.67. The van der Waals surface area contributed by atoms with E-state index in [2.05, 4.69) is 20.8 Å². The molecule has 3 aliphatic carbocycles. The predicted molar refractivity (Wildman–Crippen MR) is 57.6 cm³/mol. The van der Waals surface area contributed by atoms with Gasteiger partial charge in [-0.15, -0.1) is 0 Å². The number of hydrogen-bond donors (Lipinski definition) is 0. The molecule has 0 heteroatoms. The molecular weight excluding hydrogens is 156 g/mol. The normalized spacial score (nSPS) is 41.1. The molecule has 3 fully saturated rings. The summed E-state index contributed by atoms with van der Waals surface area (Å²) in [5.41, 5.74) is 0. The third-order valence-electron chi connectivity index (χ3n) is 4.83. The van der Waals surface area contributed by atoms with E-state index in [1.807, 2.05) is 0 Å². The molecule has 0 heterocycles. The lowest BCUT2D eigenvalue weighted by molar-refractivity contribution is 0.0468. The molecule has 0 aliphatic heterocycles. The van der Waals surface area contributed by atoms with Crippen molar-refractivity contribution < 1.29 is 0 Å². The highest BCUT2D eigenvalue weighted by molar-refractivity contribution is 4.89. The van der Waals surface area contributed by atoms with Gasteiger partial charge < -0.3 is 0 Å². The van der Waals surface area contributed by atoms with Gasteiger partial charge in [-0.2, -0.15) is 0 Å². The van der Waals surface area contributed by atoms with Gasteiger partial charge in [0.05, 0.1) is 0 Å². The molecule has 2 unspecified atom stereocenters. The second kappa shape index (κ2) is 3.63. The summed E-state index contributed by atoms with van der Waals surface area (Å²) in [6, 6.07) is 0. The van der Waals surface area contributed by atoms with Crippen LogP contribution < -0.4 is 0 Å². The van der Waals surface area contributed by atoms with Crippen molar-refractivity contribution in [3.8, 4) is 0 Å². The Morgan fingerprint density at radius 2 is 1.54 bits per heavy atom. The van der Waals surface area contributed by atoms with Crippen molar-refractivity contribution in [2.45, 2.75) is 52.9 Å². The van der Waals surface area contributed by atoms with Gasteiger partial charge in [-0.05, 0) is 48.9 Å². The van der Waals surface area contributed by atoms with Crippen LogP contribution >= 0.6 is 0 Å². The summed E-state index contributed by atoms with van der Waals surface area (Å²) in [5, 5.41) is 0. The topological polar surface area (TPSA) is 0 Å². The van der Waals surface area contributed by atoms with Crippen LogP contribution in [0.15, 0.2) is 0 Å². The van der Waals surface area contributed by atoms with Crippen LogP contribution in [0.1, 0.15) is 52.9 Å². The van der Waals surface area contributed by atoms with E-state index in [1.54, 1.807) is 32.1 Å². The maximum atomic E-state index is 2.48. The Labute approximate surface area is 83.1 Å². The highest BCUT2D eigenvalue weighted by Crippen LogP contribution is 2.48. The molecule has 0 saturated heterocycles. The van der Waals surface area contributed by atoms with Crippen LogP contribution in [0.5, 0.6) is 0 Å². The molecule has 2 bridgehead atoms. The van der Waals surface area contributed by atoms with Gasteiger partial charge in [0.25, 0.3) is 0 Å². The maximum absolute atomic E-state index is 2.48. The molecule has 76 valence electrons. The lowest BCUT2D eigenvalue weighted by Crippen LogP contribution is -2.36. The van der Waals surface area contributed by atoms with Crippen molar-refractivity contribution in [2.75, 3.05) is 0 Å². The lowest BCUT2D eigenvalue weighted by Gasteiger charge is -2.46.